The molecule has 0 aliphatic carbocycles. The molecule has 6 nitrogen and oxygen atoms in total. The van der Waals surface area contributed by atoms with Gasteiger partial charge in [0.1, 0.15) is 0 Å². The normalized spacial score (nSPS) is 17.7. The summed E-state index contributed by atoms with van der Waals surface area (Å²) in [6, 6.07) is 9.74. The Kier molecular flexibility index (Phi) is 4.67. The molecule has 4 rings (SSSR count). The van der Waals surface area contributed by atoms with Gasteiger partial charge < -0.3 is 5.32 Å². The van der Waals surface area contributed by atoms with Crippen LogP contribution in [0.4, 0.5) is 0 Å². The van der Waals surface area contributed by atoms with E-state index in [1.54, 1.807) is 6.20 Å². The molecule has 1 saturated heterocycles. The molecule has 3 aromatic rings. The summed E-state index contributed by atoms with van der Waals surface area (Å²) in [5, 5.41) is 8.28. The van der Waals surface area contributed by atoms with E-state index in [0.717, 1.165) is 37.0 Å². The molecular formula is C20H23N5O. The minimum absolute atomic E-state index is 0.0473. The van der Waals surface area contributed by atoms with Gasteiger partial charge in [-0.25, -0.2) is 0 Å². The minimum atomic E-state index is -0.0473. The number of pyridine rings is 1. The molecule has 1 N–H and O–H groups in total. The second-order valence-electron chi connectivity index (χ2n) is 7.04. The molecule has 0 bridgehead atoms. The third kappa shape index (κ3) is 3.75. The lowest BCUT2D eigenvalue weighted by atomic mass is 10.1. The molecule has 3 heterocycles. The fourth-order valence-corrected chi connectivity index (χ4v) is 3.57. The standard InChI is InChI=1S/C20H23N5O/c1-24-12-16(10-23-24)14-25-7-6-15(13-25)9-22-20(26)18-8-17-4-2-3-5-19(17)21-11-18/h2-5,8,10-12,15H,6-7,9,13-14H2,1H3,(H,22,26). The van der Waals surface area contributed by atoms with Crippen molar-refractivity contribution in [1.29, 1.82) is 0 Å². The van der Waals surface area contributed by atoms with Gasteiger partial charge in [0, 0.05) is 50.0 Å². The number of carbonyl (C=O) groups excluding carboxylic acids is 1. The quantitative estimate of drug-likeness (QED) is 0.767. The van der Waals surface area contributed by atoms with Crippen LogP contribution in [0.5, 0.6) is 0 Å². The summed E-state index contributed by atoms with van der Waals surface area (Å²) in [4.78, 5) is 19.2. The number of rotatable bonds is 5. The van der Waals surface area contributed by atoms with E-state index < -0.39 is 0 Å². The van der Waals surface area contributed by atoms with Gasteiger partial charge in [-0.1, -0.05) is 18.2 Å². The summed E-state index contributed by atoms with van der Waals surface area (Å²) in [5.41, 5.74) is 2.76. The number of aryl methyl sites for hydroxylation is 1. The van der Waals surface area contributed by atoms with E-state index in [1.165, 1.54) is 5.56 Å². The van der Waals surface area contributed by atoms with E-state index in [2.05, 4.69) is 26.5 Å². The lowest BCUT2D eigenvalue weighted by Crippen LogP contribution is -2.31. The monoisotopic (exact) mass is 349 g/mol. The molecule has 1 aromatic carbocycles. The average Bonchev–Trinajstić information content (AvgIpc) is 3.28. The number of hydrogen-bond acceptors (Lipinski definition) is 4. The van der Waals surface area contributed by atoms with Crippen molar-refractivity contribution in [2.24, 2.45) is 13.0 Å². The average molecular weight is 349 g/mol. The van der Waals surface area contributed by atoms with Gasteiger partial charge in [0.05, 0.1) is 17.3 Å². The van der Waals surface area contributed by atoms with Gasteiger partial charge in [-0.05, 0) is 31.0 Å². The van der Waals surface area contributed by atoms with E-state index in [0.29, 0.717) is 18.0 Å². The largest absolute Gasteiger partial charge is 0.352 e. The number of carbonyl (C=O) groups is 1. The van der Waals surface area contributed by atoms with E-state index in [1.807, 2.05) is 48.3 Å². The molecule has 0 radical (unpaired) electrons. The lowest BCUT2D eigenvalue weighted by molar-refractivity contribution is 0.0947. The Morgan fingerprint density at radius 1 is 1.31 bits per heavy atom. The number of benzene rings is 1. The summed E-state index contributed by atoms with van der Waals surface area (Å²) in [5.74, 6) is 0.443. The summed E-state index contributed by atoms with van der Waals surface area (Å²) in [6.07, 6.45) is 6.74. The van der Waals surface area contributed by atoms with Gasteiger partial charge in [-0.3, -0.25) is 19.4 Å². The molecular weight excluding hydrogens is 326 g/mol. The Balaban J connectivity index is 1.30. The zero-order valence-corrected chi connectivity index (χ0v) is 14.9. The third-order valence-corrected chi connectivity index (χ3v) is 4.94. The van der Waals surface area contributed by atoms with Crippen LogP contribution in [0.3, 0.4) is 0 Å². The number of fused-ring (bicyclic) bond motifs is 1. The van der Waals surface area contributed by atoms with E-state index in [4.69, 9.17) is 0 Å². The van der Waals surface area contributed by atoms with Crippen LogP contribution in [0.2, 0.25) is 0 Å². The van der Waals surface area contributed by atoms with Crippen LogP contribution in [0, 0.1) is 5.92 Å². The maximum Gasteiger partial charge on any atom is 0.252 e. The van der Waals surface area contributed by atoms with Gasteiger partial charge in [0.2, 0.25) is 0 Å². The summed E-state index contributed by atoms with van der Waals surface area (Å²) >= 11 is 0. The fraction of sp³-hybridized carbons (Fsp3) is 0.350. The van der Waals surface area contributed by atoms with E-state index in [-0.39, 0.29) is 5.91 Å². The van der Waals surface area contributed by atoms with Crippen molar-refractivity contribution < 1.29 is 4.79 Å². The van der Waals surface area contributed by atoms with Gasteiger partial charge in [0.15, 0.2) is 0 Å². The van der Waals surface area contributed by atoms with Crippen LogP contribution < -0.4 is 5.32 Å². The summed E-state index contributed by atoms with van der Waals surface area (Å²) in [6.45, 7) is 3.69. The van der Waals surface area contributed by atoms with Crippen LogP contribution in [0.1, 0.15) is 22.3 Å². The van der Waals surface area contributed by atoms with Gasteiger partial charge in [-0.2, -0.15) is 5.10 Å². The summed E-state index contributed by atoms with van der Waals surface area (Å²) in [7, 11) is 1.94. The van der Waals surface area contributed by atoms with Crippen molar-refractivity contribution in [2.75, 3.05) is 19.6 Å². The van der Waals surface area contributed by atoms with Crippen molar-refractivity contribution in [1.82, 2.24) is 25.0 Å². The first-order chi connectivity index (χ1) is 12.7. The second kappa shape index (κ2) is 7.25. The van der Waals surface area contributed by atoms with E-state index >= 15 is 0 Å². The highest BCUT2D eigenvalue weighted by atomic mass is 16.1. The van der Waals surface area contributed by atoms with Gasteiger partial charge >= 0.3 is 0 Å². The number of likely N-dealkylation sites (tertiary alicyclic amines) is 1. The van der Waals surface area contributed by atoms with Crippen LogP contribution >= 0.6 is 0 Å². The Bertz CT molecular complexity index is 919. The van der Waals surface area contributed by atoms with Crippen molar-refractivity contribution in [3.8, 4) is 0 Å². The maximum atomic E-state index is 12.4. The van der Waals surface area contributed by atoms with Crippen LogP contribution in [-0.4, -0.2) is 45.2 Å². The Labute approximate surface area is 152 Å². The molecule has 1 fully saturated rings. The highest BCUT2D eigenvalue weighted by Crippen LogP contribution is 2.18. The third-order valence-electron chi connectivity index (χ3n) is 4.94. The molecule has 1 amide bonds. The van der Waals surface area contributed by atoms with Crippen LogP contribution in [-0.2, 0) is 13.6 Å². The number of nitrogens with zero attached hydrogens (tertiary/aromatic N) is 4. The highest BCUT2D eigenvalue weighted by Gasteiger charge is 2.23. The minimum Gasteiger partial charge on any atom is -0.352 e. The smallest absolute Gasteiger partial charge is 0.252 e. The SMILES string of the molecule is Cn1cc(CN2CCC(CNC(=O)c3cnc4ccccc4c3)C2)cn1. The Morgan fingerprint density at radius 2 is 2.19 bits per heavy atom. The number of amides is 1. The molecule has 1 atom stereocenters. The predicted octanol–water partition coefficient (Wildman–Crippen LogP) is 2.22. The maximum absolute atomic E-state index is 12.4. The molecule has 1 unspecified atom stereocenters. The molecule has 0 spiro atoms. The second-order valence-corrected chi connectivity index (χ2v) is 7.04. The molecule has 1 aliphatic rings. The van der Waals surface area contributed by atoms with Crippen LogP contribution in [0.25, 0.3) is 10.9 Å². The number of para-hydroxylation sites is 1. The Hall–Kier alpha value is -2.73. The van der Waals surface area contributed by atoms with Crippen molar-refractivity contribution in [2.45, 2.75) is 13.0 Å². The van der Waals surface area contributed by atoms with Crippen LogP contribution in [0.15, 0.2) is 48.9 Å². The number of nitrogens with one attached hydrogen (secondary N) is 1. The molecule has 134 valence electrons. The first kappa shape index (κ1) is 16.7. The Morgan fingerprint density at radius 3 is 3.04 bits per heavy atom. The molecule has 6 heteroatoms. The van der Waals surface area contributed by atoms with E-state index in [9.17, 15) is 4.79 Å². The van der Waals surface area contributed by atoms with Crippen molar-refractivity contribution >= 4 is 16.8 Å². The van der Waals surface area contributed by atoms with Crippen molar-refractivity contribution in [3.63, 3.8) is 0 Å². The highest BCUT2D eigenvalue weighted by molar-refractivity contribution is 5.97. The first-order valence-corrected chi connectivity index (χ1v) is 9.00. The van der Waals surface area contributed by atoms with Gasteiger partial charge in [-0.15, -0.1) is 0 Å². The molecule has 1 aliphatic heterocycles. The number of hydrogen-bond donors (Lipinski definition) is 1. The number of aromatic nitrogens is 3. The first-order valence-electron chi connectivity index (χ1n) is 9.00. The molecule has 2 aromatic heterocycles. The zero-order chi connectivity index (χ0) is 17.9. The molecule has 26 heavy (non-hydrogen) atoms. The predicted molar refractivity (Wildman–Crippen MR) is 101 cm³/mol. The van der Waals surface area contributed by atoms with Crippen molar-refractivity contribution in [3.05, 3.63) is 60.0 Å². The molecule has 0 saturated carbocycles. The zero-order valence-electron chi connectivity index (χ0n) is 14.9. The summed E-state index contributed by atoms with van der Waals surface area (Å²) < 4.78 is 1.83. The fourth-order valence-electron chi connectivity index (χ4n) is 3.57. The lowest BCUT2D eigenvalue weighted by Gasteiger charge is -2.15. The van der Waals surface area contributed by atoms with Gasteiger partial charge in [0.25, 0.3) is 5.91 Å². The topological polar surface area (TPSA) is 63.0 Å².